The second-order valence-corrected chi connectivity index (χ2v) is 7.19. The Kier molecular flexibility index (Phi) is 4.38. The van der Waals surface area contributed by atoms with Gasteiger partial charge in [-0.2, -0.15) is 0 Å². The SMILES string of the molecule is CC(C)C(C)(CO)CC1CCC2(CCCCC2)O1. The van der Waals surface area contributed by atoms with E-state index in [1.807, 2.05) is 0 Å². The van der Waals surface area contributed by atoms with E-state index in [2.05, 4.69) is 20.8 Å². The maximum absolute atomic E-state index is 9.66. The summed E-state index contributed by atoms with van der Waals surface area (Å²) in [7, 11) is 0. The lowest BCUT2D eigenvalue weighted by atomic mass is 9.75. The van der Waals surface area contributed by atoms with Gasteiger partial charge in [0.2, 0.25) is 0 Å². The average molecular weight is 254 g/mol. The topological polar surface area (TPSA) is 29.5 Å². The van der Waals surface area contributed by atoms with Gasteiger partial charge in [-0.3, -0.25) is 0 Å². The van der Waals surface area contributed by atoms with Crippen LogP contribution in [0.2, 0.25) is 0 Å². The first kappa shape index (κ1) is 14.3. The van der Waals surface area contributed by atoms with Gasteiger partial charge < -0.3 is 9.84 Å². The highest BCUT2D eigenvalue weighted by atomic mass is 16.5. The predicted molar refractivity (Wildman–Crippen MR) is 74.6 cm³/mol. The minimum atomic E-state index is 0.0187. The molecule has 106 valence electrons. The Morgan fingerprint density at radius 1 is 1.22 bits per heavy atom. The first-order valence-corrected chi connectivity index (χ1v) is 7.78. The number of rotatable bonds is 4. The van der Waals surface area contributed by atoms with Crippen LogP contribution in [0, 0.1) is 11.3 Å². The third-order valence-electron chi connectivity index (χ3n) is 5.55. The molecule has 1 saturated carbocycles. The number of hydrogen-bond acceptors (Lipinski definition) is 2. The molecule has 1 heterocycles. The molecule has 0 amide bonds. The van der Waals surface area contributed by atoms with E-state index in [0.717, 1.165) is 6.42 Å². The summed E-state index contributed by atoms with van der Waals surface area (Å²) >= 11 is 0. The molecule has 0 bridgehead atoms. The fraction of sp³-hybridized carbons (Fsp3) is 1.00. The highest BCUT2D eigenvalue weighted by Crippen LogP contribution is 2.45. The van der Waals surface area contributed by atoms with Gasteiger partial charge in [0, 0.05) is 6.61 Å². The zero-order valence-corrected chi connectivity index (χ0v) is 12.4. The molecule has 2 rings (SSSR count). The van der Waals surface area contributed by atoms with Crippen molar-refractivity contribution < 1.29 is 9.84 Å². The summed E-state index contributed by atoms with van der Waals surface area (Å²) in [5.41, 5.74) is 0.237. The van der Waals surface area contributed by atoms with Gasteiger partial charge in [-0.25, -0.2) is 0 Å². The average Bonchev–Trinajstić information content (AvgIpc) is 2.72. The summed E-state index contributed by atoms with van der Waals surface area (Å²) < 4.78 is 6.43. The number of ether oxygens (including phenoxy) is 1. The molecule has 2 atom stereocenters. The molecule has 0 aromatic heterocycles. The summed E-state index contributed by atoms with van der Waals surface area (Å²) in [6, 6.07) is 0. The third kappa shape index (κ3) is 2.91. The zero-order chi connectivity index (χ0) is 13.2. The first-order chi connectivity index (χ1) is 8.50. The van der Waals surface area contributed by atoms with Gasteiger partial charge in [0.1, 0.15) is 0 Å². The van der Waals surface area contributed by atoms with E-state index in [9.17, 15) is 5.11 Å². The van der Waals surface area contributed by atoms with E-state index in [1.165, 1.54) is 44.9 Å². The quantitative estimate of drug-likeness (QED) is 0.824. The number of aliphatic hydroxyl groups excluding tert-OH is 1. The van der Waals surface area contributed by atoms with Crippen molar-refractivity contribution in [3.8, 4) is 0 Å². The Morgan fingerprint density at radius 3 is 2.44 bits per heavy atom. The van der Waals surface area contributed by atoms with Crippen LogP contribution in [0.4, 0.5) is 0 Å². The van der Waals surface area contributed by atoms with Crippen LogP contribution in [-0.2, 0) is 4.74 Å². The fourth-order valence-corrected chi connectivity index (χ4v) is 3.61. The van der Waals surface area contributed by atoms with Crippen LogP contribution in [0.25, 0.3) is 0 Å². The highest BCUT2D eigenvalue weighted by Gasteiger charge is 2.43. The molecule has 1 spiro atoms. The highest BCUT2D eigenvalue weighted by molar-refractivity contribution is 4.93. The minimum Gasteiger partial charge on any atom is -0.396 e. The van der Waals surface area contributed by atoms with Crippen molar-refractivity contribution in [2.75, 3.05) is 6.61 Å². The van der Waals surface area contributed by atoms with E-state index < -0.39 is 0 Å². The van der Waals surface area contributed by atoms with Gasteiger partial charge in [-0.15, -0.1) is 0 Å². The van der Waals surface area contributed by atoms with Crippen molar-refractivity contribution in [2.24, 2.45) is 11.3 Å². The van der Waals surface area contributed by atoms with Crippen LogP contribution in [-0.4, -0.2) is 23.4 Å². The van der Waals surface area contributed by atoms with Crippen LogP contribution in [0.1, 0.15) is 72.1 Å². The lowest BCUT2D eigenvalue weighted by Crippen LogP contribution is -2.35. The molecule has 0 aromatic rings. The molecule has 2 aliphatic rings. The molecule has 2 nitrogen and oxygen atoms in total. The van der Waals surface area contributed by atoms with Crippen molar-refractivity contribution in [1.82, 2.24) is 0 Å². The Morgan fingerprint density at radius 2 is 1.89 bits per heavy atom. The van der Waals surface area contributed by atoms with E-state index in [4.69, 9.17) is 4.74 Å². The molecule has 1 aliphatic carbocycles. The Bertz CT molecular complexity index is 268. The van der Waals surface area contributed by atoms with Crippen molar-refractivity contribution in [2.45, 2.75) is 83.8 Å². The minimum absolute atomic E-state index is 0.0187. The molecule has 18 heavy (non-hydrogen) atoms. The molecular weight excluding hydrogens is 224 g/mol. The van der Waals surface area contributed by atoms with Crippen molar-refractivity contribution in [1.29, 1.82) is 0 Å². The number of hydrogen-bond donors (Lipinski definition) is 1. The van der Waals surface area contributed by atoms with Gasteiger partial charge in [-0.1, -0.05) is 40.0 Å². The molecule has 2 heteroatoms. The molecule has 0 radical (unpaired) electrons. The first-order valence-electron chi connectivity index (χ1n) is 7.78. The normalized spacial score (nSPS) is 30.8. The standard InChI is InChI=1S/C16H30O2/c1-13(2)15(3,12-17)11-14-7-10-16(18-14)8-5-4-6-9-16/h13-14,17H,4-12H2,1-3H3. The summed E-state index contributed by atoms with van der Waals surface area (Å²) in [4.78, 5) is 0. The summed E-state index contributed by atoms with van der Waals surface area (Å²) in [6.07, 6.45) is 10.4. The monoisotopic (exact) mass is 254 g/mol. The van der Waals surface area contributed by atoms with Crippen molar-refractivity contribution >= 4 is 0 Å². The molecule has 2 fully saturated rings. The van der Waals surface area contributed by atoms with E-state index in [0.29, 0.717) is 12.0 Å². The van der Waals surface area contributed by atoms with E-state index >= 15 is 0 Å². The summed E-state index contributed by atoms with van der Waals surface area (Å²) in [6.45, 7) is 6.90. The van der Waals surface area contributed by atoms with Crippen LogP contribution >= 0.6 is 0 Å². The summed E-state index contributed by atoms with van der Waals surface area (Å²) in [5, 5.41) is 9.66. The largest absolute Gasteiger partial charge is 0.396 e. The van der Waals surface area contributed by atoms with Gasteiger partial charge in [0.25, 0.3) is 0 Å². The molecule has 1 saturated heterocycles. The molecule has 1 aliphatic heterocycles. The molecular formula is C16H30O2. The van der Waals surface area contributed by atoms with Crippen LogP contribution in [0.15, 0.2) is 0 Å². The van der Waals surface area contributed by atoms with Crippen LogP contribution in [0.3, 0.4) is 0 Å². The summed E-state index contributed by atoms with van der Waals surface area (Å²) in [5.74, 6) is 0.508. The Labute approximate surface area is 112 Å². The van der Waals surface area contributed by atoms with Gasteiger partial charge >= 0.3 is 0 Å². The maximum Gasteiger partial charge on any atom is 0.0687 e. The zero-order valence-electron chi connectivity index (χ0n) is 12.4. The third-order valence-corrected chi connectivity index (χ3v) is 5.55. The van der Waals surface area contributed by atoms with Crippen LogP contribution in [0.5, 0.6) is 0 Å². The van der Waals surface area contributed by atoms with E-state index in [-0.39, 0.29) is 17.6 Å². The second kappa shape index (κ2) is 5.50. The Hall–Kier alpha value is -0.0800. The smallest absolute Gasteiger partial charge is 0.0687 e. The van der Waals surface area contributed by atoms with Gasteiger partial charge in [-0.05, 0) is 43.4 Å². The van der Waals surface area contributed by atoms with Gasteiger partial charge in [0.15, 0.2) is 0 Å². The second-order valence-electron chi connectivity index (χ2n) is 7.19. The fourth-order valence-electron chi connectivity index (χ4n) is 3.61. The van der Waals surface area contributed by atoms with Crippen molar-refractivity contribution in [3.05, 3.63) is 0 Å². The lowest BCUT2D eigenvalue weighted by Gasteiger charge is -2.37. The lowest BCUT2D eigenvalue weighted by molar-refractivity contribution is -0.0846. The maximum atomic E-state index is 9.66. The molecule has 1 N–H and O–H groups in total. The van der Waals surface area contributed by atoms with E-state index in [1.54, 1.807) is 0 Å². The molecule has 0 aromatic carbocycles. The molecule has 2 unspecified atom stereocenters. The Balaban J connectivity index is 1.92. The van der Waals surface area contributed by atoms with Crippen LogP contribution < -0.4 is 0 Å². The number of aliphatic hydroxyl groups is 1. The van der Waals surface area contributed by atoms with Crippen molar-refractivity contribution in [3.63, 3.8) is 0 Å². The predicted octanol–water partition coefficient (Wildman–Crippen LogP) is 3.91. The van der Waals surface area contributed by atoms with Gasteiger partial charge in [0.05, 0.1) is 11.7 Å².